The molecule has 0 bridgehead atoms. The summed E-state index contributed by atoms with van der Waals surface area (Å²) < 4.78 is 4.84. The molecule has 1 aromatic heterocycles. The number of benzene rings is 1. The highest BCUT2D eigenvalue weighted by molar-refractivity contribution is 6.06. The third-order valence-corrected chi connectivity index (χ3v) is 2.54. The summed E-state index contributed by atoms with van der Waals surface area (Å²) in [6, 6.07) is 4.10. The summed E-state index contributed by atoms with van der Waals surface area (Å²) >= 11 is 0. The monoisotopic (exact) mass is 262 g/mol. The summed E-state index contributed by atoms with van der Waals surface area (Å²) in [6.07, 6.45) is 1.38. The maximum atomic E-state index is 11.8. The van der Waals surface area contributed by atoms with Gasteiger partial charge >= 0.3 is 11.7 Å². The summed E-state index contributed by atoms with van der Waals surface area (Å²) in [4.78, 5) is 25.7. The summed E-state index contributed by atoms with van der Waals surface area (Å²) in [6.45, 7) is 1.78. The van der Waals surface area contributed by atoms with Gasteiger partial charge in [-0.3, -0.25) is 15.1 Å². The van der Waals surface area contributed by atoms with Gasteiger partial charge < -0.3 is 9.84 Å². The van der Waals surface area contributed by atoms with Crippen LogP contribution in [-0.4, -0.2) is 27.6 Å². The normalized spacial score (nSPS) is 10.4. The molecule has 0 aliphatic rings. The first-order valence-corrected chi connectivity index (χ1v) is 5.48. The van der Waals surface area contributed by atoms with Gasteiger partial charge in [0.2, 0.25) is 5.75 Å². The van der Waals surface area contributed by atoms with Gasteiger partial charge in [-0.15, -0.1) is 0 Å². The van der Waals surface area contributed by atoms with Gasteiger partial charge in [0.1, 0.15) is 5.52 Å². The average Bonchev–Trinajstić information content (AvgIpc) is 2.39. The summed E-state index contributed by atoms with van der Waals surface area (Å²) in [7, 11) is 0. The Morgan fingerprint density at radius 3 is 2.95 bits per heavy atom. The number of aromatic hydroxyl groups is 1. The molecule has 0 fully saturated rings. The van der Waals surface area contributed by atoms with Crippen LogP contribution in [0.15, 0.2) is 24.4 Å². The highest BCUT2D eigenvalue weighted by atomic mass is 16.6. The Morgan fingerprint density at radius 2 is 2.32 bits per heavy atom. The van der Waals surface area contributed by atoms with E-state index in [1.54, 1.807) is 13.0 Å². The predicted molar refractivity (Wildman–Crippen MR) is 66.0 cm³/mol. The molecule has 98 valence electrons. The van der Waals surface area contributed by atoms with Crippen molar-refractivity contribution >= 4 is 22.6 Å². The molecule has 0 unspecified atom stereocenters. The molecular formula is C12H10N2O5. The molecule has 2 aromatic rings. The van der Waals surface area contributed by atoms with E-state index >= 15 is 0 Å². The van der Waals surface area contributed by atoms with Crippen molar-refractivity contribution in [3.8, 4) is 5.75 Å². The SMILES string of the molecule is CCOC(=O)c1cc([N+](=O)[O-])c(O)c2ncccc12. The number of carbonyl (C=O) groups is 1. The van der Waals surface area contributed by atoms with Crippen LogP contribution in [0.1, 0.15) is 17.3 Å². The fourth-order valence-corrected chi connectivity index (χ4v) is 1.73. The third kappa shape index (κ3) is 2.17. The first-order valence-electron chi connectivity index (χ1n) is 5.48. The van der Waals surface area contributed by atoms with E-state index in [2.05, 4.69) is 4.98 Å². The number of nitro groups is 1. The van der Waals surface area contributed by atoms with E-state index in [1.165, 1.54) is 12.3 Å². The van der Waals surface area contributed by atoms with Crippen LogP contribution < -0.4 is 0 Å². The first-order chi connectivity index (χ1) is 9.06. The molecule has 0 radical (unpaired) electrons. The molecule has 0 amide bonds. The quantitative estimate of drug-likeness (QED) is 0.515. The minimum absolute atomic E-state index is 0.000229. The second-order valence-corrected chi connectivity index (χ2v) is 3.67. The van der Waals surface area contributed by atoms with Crippen molar-refractivity contribution in [1.29, 1.82) is 0 Å². The van der Waals surface area contributed by atoms with Crippen LogP contribution in [0.4, 0.5) is 5.69 Å². The lowest BCUT2D eigenvalue weighted by molar-refractivity contribution is -0.385. The van der Waals surface area contributed by atoms with Gasteiger partial charge in [-0.2, -0.15) is 0 Å². The minimum atomic E-state index is -0.772. The van der Waals surface area contributed by atoms with Crippen LogP contribution in [0.2, 0.25) is 0 Å². The third-order valence-electron chi connectivity index (χ3n) is 2.54. The van der Waals surface area contributed by atoms with Crippen molar-refractivity contribution in [2.24, 2.45) is 0 Å². The number of nitrogens with zero attached hydrogens (tertiary/aromatic N) is 2. The van der Waals surface area contributed by atoms with Crippen LogP contribution in [0.5, 0.6) is 5.75 Å². The fourth-order valence-electron chi connectivity index (χ4n) is 1.73. The second kappa shape index (κ2) is 4.89. The highest BCUT2D eigenvalue weighted by Crippen LogP contribution is 2.35. The van der Waals surface area contributed by atoms with Gasteiger partial charge in [0.15, 0.2) is 0 Å². The molecule has 1 N–H and O–H groups in total. The van der Waals surface area contributed by atoms with Crippen molar-refractivity contribution in [2.75, 3.05) is 6.61 Å². The number of nitro benzene ring substituents is 1. The summed E-state index contributed by atoms with van der Waals surface area (Å²) in [5.74, 6) is -1.25. The van der Waals surface area contributed by atoms with Crippen molar-refractivity contribution in [3.63, 3.8) is 0 Å². The number of phenolic OH excluding ortho intramolecular Hbond substituents is 1. The molecular weight excluding hydrogens is 252 g/mol. The minimum Gasteiger partial charge on any atom is -0.501 e. The van der Waals surface area contributed by atoms with E-state index in [1.807, 2.05) is 0 Å². The molecule has 0 saturated heterocycles. The molecule has 0 atom stereocenters. The van der Waals surface area contributed by atoms with E-state index in [9.17, 15) is 20.0 Å². The lowest BCUT2D eigenvalue weighted by atomic mass is 10.1. The molecule has 2 rings (SSSR count). The van der Waals surface area contributed by atoms with Crippen molar-refractivity contribution < 1.29 is 19.6 Å². The van der Waals surface area contributed by atoms with Crippen LogP contribution in [0, 0.1) is 10.1 Å². The summed E-state index contributed by atoms with van der Waals surface area (Å²) in [5.41, 5.74) is -0.566. The number of pyridine rings is 1. The average molecular weight is 262 g/mol. The fraction of sp³-hybridized carbons (Fsp3) is 0.167. The van der Waals surface area contributed by atoms with Crippen molar-refractivity contribution in [3.05, 3.63) is 40.1 Å². The zero-order chi connectivity index (χ0) is 14.0. The first kappa shape index (κ1) is 12.7. The molecule has 0 aliphatic heterocycles. The second-order valence-electron chi connectivity index (χ2n) is 3.67. The van der Waals surface area contributed by atoms with Gasteiger partial charge in [0.05, 0.1) is 17.1 Å². The number of ether oxygens (including phenoxy) is 1. The molecule has 7 nitrogen and oxygen atoms in total. The van der Waals surface area contributed by atoms with Gasteiger partial charge in [0.25, 0.3) is 0 Å². The van der Waals surface area contributed by atoms with Gasteiger partial charge in [-0.05, 0) is 13.0 Å². The zero-order valence-corrected chi connectivity index (χ0v) is 9.99. The van der Waals surface area contributed by atoms with Crippen molar-refractivity contribution in [1.82, 2.24) is 4.98 Å². The van der Waals surface area contributed by atoms with Crippen LogP contribution in [-0.2, 0) is 4.74 Å². The summed E-state index contributed by atoms with van der Waals surface area (Å²) in [5, 5.41) is 21.0. The largest absolute Gasteiger partial charge is 0.501 e. The topological polar surface area (TPSA) is 103 Å². The smallest absolute Gasteiger partial charge is 0.339 e. The van der Waals surface area contributed by atoms with Crippen molar-refractivity contribution in [2.45, 2.75) is 6.92 Å². The zero-order valence-electron chi connectivity index (χ0n) is 9.99. The number of hydrogen-bond donors (Lipinski definition) is 1. The molecule has 1 heterocycles. The Balaban J connectivity index is 2.78. The van der Waals surface area contributed by atoms with Gasteiger partial charge in [-0.1, -0.05) is 6.07 Å². The van der Waals surface area contributed by atoms with E-state index < -0.39 is 22.3 Å². The number of carbonyl (C=O) groups excluding carboxylic acids is 1. The Labute approximate surface area is 107 Å². The number of hydrogen-bond acceptors (Lipinski definition) is 6. The molecule has 0 saturated carbocycles. The molecule has 0 aliphatic carbocycles. The van der Waals surface area contributed by atoms with Crippen LogP contribution in [0.3, 0.4) is 0 Å². The highest BCUT2D eigenvalue weighted by Gasteiger charge is 2.24. The Hall–Kier alpha value is -2.70. The lowest BCUT2D eigenvalue weighted by Crippen LogP contribution is -2.06. The van der Waals surface area contributed by atoms with E-state index in [0.29, 0.717) is 5.39 Å². The molecule has 7 heteroatoms. The van der Waals surface area contributed by atoms with E-state index in [4.69, 9.17) is 4.74 Å². The molecule has 1 aromatic carbocycles. The number of aromatic nitrogens is 1. The maximum Gasteiger partial charge on any atom is 0.339 e. The van der Waals surface area contributed by atoms with E-state index in [-0.39, 0.29) is 17.7 Å². The number of esters is 1. The Morgan fingerprint density at radius 1 is 1.58 bits per heavy atom. The number of rotatable bonds is 3. The van der Waals surface area contributed by atoms with Crippen LogP contribution in [0.25, 0.3) is 10.9 Å². The number of fused-ring (bicyclic) bond motifs is 1. The lowest BCUT2D eigenvalue weighted by Gasteiger charge is -2.07. The molecule has 0 spiro atoms. The predicted octanol–water partition coefficient (Wildman–Crippen LogP) is 2.03. The number of phenols is 1. The van der Waals surface area contributed by atoms with E-state index in [0.717, 1.165) is 6.07 Å². The standard InChI is InChI=1S/C12H10N2O5/c1-2-19-12(16)8-6-9(14(17)18)11(15)10-7(8)4-3-5-13-10/h3-6,15H,2H2,1H3. The maximum absolute atomic E-state index is 11.8. The Bertz CT molecular complexity index is 668. The van der Waals surface area contributed by atoms with Crippen LogP contribution >= 0.6 is 0 Å². The Kier molecular flexibility index (Phi) is 3.28. The van der Waals surface area contributed by atoms with Gasteiger partial charge in [-0.25, -0.2) is 4.79 Å². The molecule has 19 heavy (non-hydrogen) atoms. The van der Waals surface area contributed by atoms with Gasteiger partial charge in [0, 0.05) is 17.6 Å².